The summed E-state index contributed by atoms with van der Waals surface area (Å²) in [6, 6.07) is 11.5. The summed E-state index contributed by atoms with van der Waals surface area (Å²) in [5, 5.41) is 11.4. The minimum atomic E-state index is -4.76. The maximum absolute atomic E-state index is 13.2. The van der Waals surface area contributed by atoms with Crippen LogP contribution in [0.3, 0.4) is 0 Å². The van der Waals surface area contributed by atoms with Gasteiger partial charge in [-0.15, -0.1) is 0 Å². The van der Waals surface area contributed by atoms with Crippen LogP contribution in [-0.4, -0.2) is 29.1 Å². The summed E-state index contributed by atoms with van der Waals surface area (Å²) in [5.74, 6) is 0.455. The van der Waals surface area contributed by atoms with Crippen LogP contribution in [0.1, 0.15) is 11.1 Å². The minimum absolute atomic E-state index is 0.0189. The largest absolute Gasteiger partial charge is 0.493 e. The zero-order valence-corrected chi connectivity index (χ0v) is 21.3. The Morgan fingerprint density at radius 1 is 1.05 bits per heavy atom. The second-order valence-electron chi connectivity index (χ2n) is 8.00. The quantitative estimate of drug-likeness (QED) is 0.140. The number of nitrogens with zero attached hydrogens (tertiary/aromatic N) is 2. The van der Waals surface area contributed by atoms with E-state index in [1.54, 1.807) is 30.3 Å². The molecule has 2 heterocycles. The molecule has 1 saturated heterocycles. The molecular weight excluding hydrogens is 561 g/mol. The van der Waals surface area contributed by atoms with Crippen molar-refractivity contribution in [3.63, 3.8) is 0 Å². The predicted octanol–water partition coefficient (Wildman–Crippen LogP) is 6.55. The summed E-state index contributed by atoms with van der Waals surface area (Å²) in [4.78, 5) is 25.3. The zero-order chi connectivity index (χ0) is 27.9. The Hall–Kier alpha value is -4.30. The Morgan fingerprint density at radius 3 is 2.51 bits per heavy atom. The number of fused-ring (bicyclic) bond motifs is 1. The van der Waals surface area contributed by atoms with Crippen molar-refractivity contribution >= 4 is 51.7 Å². The Kier molecular flexibility index (Phi) is 6.82. The summed E-state index contributed by atoms with van der Waals surface area (Å²) in [6.45, 7) is 0.0881. The molecule has 0 atom stereocenters. The highest BCUT2D eigenvalue weighted by atomic mass is 32.2. The van der Waals surface area contributed by atoms with Crippen molar-refractivity contribution in [2.75, 3.05) is 18.8 Å². The van der Waals surface area contributed by atoms with Gasteiger partial charge in [-0.3, -0.25) is 19.8 Å². The van der Waals surface area contributed by atoms with Gasteiger partial charge in [-0.05, 0) is 48.0 Å². The SMILES string of the molecule is COc1cc(/C=C2/SC(=S)N(c3ccc4c(c3)OCO4)C2=O)ccc1Oc1ccc(C(F)(F)F)cc1[N+](=O)[O-]. The highest BCUT2D eigenvalue weighted by Gasteiger charge is 2.35. The Balaban J connectivity index is 1.40. The predicted molar refractivity (Wildman–Crippen MR) is 139 cm³/mol. The summed E-state index contributed by atoms with van der Waals surface area (Å²) >= 11 is 6.50. The molecule has 1 fully saturated rings. The molecule has 0 aromatic heterocycles. The number of carbonyl (C=O) groups excluding carboxylic acids is 1. The molecule has 14 heteroatoms. The van der Waals surface area contributed by atoms with Crippen molar-refractivity contribution < 1.29 is 41.8 Å². The van der Waals surface area contributed by atoms with Crippen LogP contribution in [-0.2, 0) is 11.0 Å². The van der Waals surface area contributed by atoms with Crippen molar-refractivity contribution in [2.24, 2.45) is 0 Å². The number of amides is 1. The topological polar surface area (TPSA) is 100 Å². The van der Waals surface area contributed by atoms with Gasteiger partial charge in [0.05, 0.1) is 28.2 Å². The lowest BCUT2D eigenvalue weighted by Crippen LogP contribution is -2.27. The van der Waals surface area contributed by atoms with Crippen LogP contribution < -0.4 is 23.8 Å². The number of hydrogen-bond acceptors (Lipinski definition) is 9. The van der Waals surface area contributed by atoms with Gasteiger partial charge in [-0.1, -0.05) is 30.0 Å². The molecule has 0 saturated carbocycles. The smallest absolute Gasteiger partial charge is 0.416 e. The van der Waals surface area contributed by atoms with E-state index in [2.05, 4.69) is 0 Å². The lowest BCUT2D eigenvalue weighted by molar-refractivity contribution is -0.385. The van der Waals surface area contributed by atoms with E-state index < -0.39 is 28.1 Å². The summed E-state index contributed by atoms with van der Waals surface area (Å²) < 4.78 is 60.9. The molecule has 0 spiro atoms. The van der Waals surface area contributed by atoms with Crippen molar-refractivity contribution in [3.8, 4) is 28.7 Å². The normalized spacial score (nSPS) is 15.7. The van der Waals surface area contributed by atoms with Crippen molar-refractivity contribution in [1.29, 1.82) is 0 Å². The van der Waals surface area contributed by atoms with Gasteiger partial charge < -0.3 is 18.9 Å². The van der Waals surface area contributed by atoms with Gasteiger partial charge >= 0.3 is 11.9 Å². The van der Waals surface area contributed by atoms with E-state index in [0.29, 0.717) is 44.1 Å². The Labute approximate surface area is 227 Å². The van der Waals surface area contributed by atoms with Gasteiger partial charge in [0.15, 0.2) is 27.3 Å². The second-order valence-corrected chi connectivity index (χ2v) is 9.68. The Morgan fingerprint density at radius 2 is 1.79 bits per heavy atom. The van der Waals surface area contributed by atoms with Crippen LogP contribution in [0.25, 0.3) is 6.08 Å². The number of halogens is 3. The number of alkyl halides is 3. The third kappa shape index (κ3) is 5.20. The molecular formula is C25H15F3N2O7S2. The van der Waals surface area contributed by atoms with E-state index in [9.17, 15) is 28.1 Å². The van der Waals surface area contributed by atoms with Crippen LogP contribution >= 0.6 is 24.0 Å². The second kappa shape index (κ2) is 10.1. The Bertz CT molecular complexity index is 1560. The molecule has 2 aliphatic rings. The van der Waals surface area contributed by atoms with Crippen LogP contribution in [0.5, 0.6) is 28.7 Å². The highest BCUT2D eigenvalue weighted by molar-refractivity contribution is 8.27. The van der Waals surface area contributed by atoms with E-state index in [4.69, 9.17) is 31.2 Å². The van der Waals surface area contributed by atoms with Gasteiger partial charge in [0.2, 0.25) is 12.5 Å². The van der Waals surface area contributed by atoms with E-state index >= 15 is 0 Å². The maximum Gasteiger partial charge on any atom is 0.416 e. The molecule has 3 aromatic rings. The standard InChI is InChI=1S/C25H15F3N2O7S2/c1-34-20-8-13(2-5-19(20)37-17-6-3-14(25(26,27)28)10-16(17)30(32)33)9-22-23(31)29(24(38)39-22)15-4-7-18-21(11-15)36-12-35-18/h2-11H,12H2,1H3/b22-9+. The number of thiocarbonyl (C=S) groups is 1. The molecule has 39 heavy (non-hydrogen) atoms. The monoisotopic (exact) mass is 576 g/mol. The molecule has 0 unspecified atom stereocenters. The lowest BCUT2D eigenvalue weighted by Gasteiger charge is -2.15. The minimum Gasteiger partial charge on any atom is -0.493 e. The van der Waals surface area contributed by atoms with Crippen LogP contribution in [0.2, 0.25) is 0 Å². The summed E-state index contributed by atoms with van der Waals surface area (Å²) in [5.41, 5.74) is -0.998. The number of nitro groups is 1. The molecule has 0 aliphatic carbocycles. The van der Waals surface area contributed by atoms with Crippen LogP contribution in [0, 0.1) is 10.1 Å². The fourth-order valence-corrected chi connectivity index (χ4v) is 5.06. The first-order valence-corrected chi connectivity index (χ1v) is 12.2. The van der Waals surface area contributed by atoms with Gasteiger partial charge in [0, 0.05) is 12.1 Å². The number of methoxy groups -OCH3 is 1. The highest BCUT2D eigenvalue weighted by Crippen LogP contribution is 2.43. The van der Waals surface area contributed by atoms with E-state index in [0.717, 1.165) is 17.8 Å². The number of nitro benzene ring substituents is 1. The fourth-order valence-electron chi connectivity index (χ4n) is 3.77. The van der Waals surface area contributed by atoms with E-state index in [-0.39, 0.29) is 24.2 Å². The van der Waals surface area contributed by atoms with Gasteiger partial charge in [0.25, 0.3) is 5.91 Å². The van der Waals surface area contributed by atoms with Crippen molar-refractivity contribution in [2.45, 2.75) is 6.18 Å². The van der Waals surface area contributed by atoms with E-state index in [1.165, 1.54) is 24.1 Å². The number of ether oxygens (including phenoxy) is 4. The maximum atomic E-state index is 13.2. The lowest BCUT2D eigenvalue weighted by atomic mass is 10.1. The average Bonchev–Trinajstić information content (AvgIpc) is 3.47. The van der Waals surface area contributed by atoms with Crippen molar-refractivity contribution in [1.82, 2.24) is 0 Å². The third-order valence-electron chi connectivity index (χ3n) is 5.60. The van der Waals surface area contributed by atoms with Gasteiger partial charge in [0.1, 0.15) is 0 Å². The number of rotatable bonds is 6. The van der Waals surface area contributed by atoms with Crippen LogP contribution in [0.15, 0.2) is 59.5 Å². The molecule has 0 bridgehead atoms. The number of carbonyl (C=O) groups is 1. The van der Waals surface area contributed by atoms with Gasteiger partial charge in [-0.25, -0.2) is 0 Å². The average molecular weight is 577 g/mol. The molecule has 2 aliphatic heterocycles. The molecule has 9 nitrogen and oxygen atoms in total. The molecule has 0 N–H and O–H groups in total. The summed E-state index contributed by atoms with van der Waals surface area (Å²) in [7, 11) is 1.33. The molecule has 200 valence electrons. The number of benzene rings is 3. The first-order chi connectivity index (χ1) is 18.5. The molecule has 1 amide bonds. The van der Waals surface area contributed by atoms with Crippen LogP contribution in [0.4, 0.5) is 24.5 Å². The van der Waals surface area contributed by atoms with E-state index in [1.807, 2.05) is 0 Å². The van der Waals surface area contributed by atoms with Crippen molar-refractivity contribution in [3.05, 3.63) is 80.7 Å². The zero-order valence-electron chi connectivity index (χ0n) is 19.7. The summed E-state index contributed by atoms with van der Waals surface area (Å²) in [6.07, 6.45) is -3.18. The fraction of sp³-hybridized carbons (Fsp3) is 0.120. The van der Waals surface area contributed by atoms with Gasteiger partial charge in [-0.2, -0.15) is 13.2 Å². The molecule has 3 aromatic carbocycles. The number of anilines is 1. The first kappa shape index (κ1) is 26.3. The molecule has 0 radical (unpaired) electrons. The number of thioether (sulfide) groups is 1. The first-order valence-electron chi connectivity index (χ1n) is 10.9. The number of hydrogen-bond donors (Lipinski definition) is 0. The third-order valence-corrected chi connectivity index (χ3v) is 6.90. The molecule has 5 rings (SSSR count).